The summed E-state index contributed by atoms with van der Waals surface area (Å²) in [6, 6.07) is 19.7. The van der Waals surface area contributed by atoms with Crippen LogP contribution in [0.1, 0.15) is 31.0 Å². The maximum atomic E-state index is 13.2. The van der Waals surface area contributed by atoms with Gasteiger partial charge in [-0.2, -0.15) is 0 Å². The fraction of sp³-hybridized carbons (Fsp3) is 0.185. The van der Waals surface area contributed by atoms with Gasteiger partial charge in [0, 0.05) is 16.3 Å². The molecule has 0 spiro atoms. The highest BCUT2D eigenvalue weighted by atomic mass is 35.5. The first kappa shape index (κ1) is 23.4. The molecule has 174 valence electrons. The number of aliphatic hydroxyl groups is 1. The molecule has 3 aromatic carbocycles. The molecule has 0 aliphatic carbocycles. The first-order chi connectivity index (χ1) is 16.4. The number of carbonyl (C=O) groups excluding carboxylic acids is 2. The van der Waals surface area contributed by atoms with Crippen LogP contribution in [0.3, 0.4) is 0 Å². The van der Waals surface area contributed by atoms with Crippen LogP contribution in [0.5, 0.6) is 11.5 Å². The quantitative estimate of drug-likeness (QED) is 0.266. The van der Waals surface area contributed by atoms with Crippen LogP contribution in [-0.2, 0) is 9.59 Å². The van der Waals surface area contributed by atoms with E-state index < -0.39 is 17.7 Å². The molecule has 0 aromatic heterocycles. The molecule has 1 heterocycles. The number of aliphatic hydroxyl groups excluding tert-OH is 1. The second-order valence-corrected chi connectivity index (χ2v) is 8.04. The van der Waals surface area contributed by atoms with Crippen molar-refractivity contribution in [1.29, 1.82) is 0 Å². The zero-order valence-corrected chi connectivity index (χ0v) is 19.6. The Morgan fingerprint density at radius 2 is 1.56 bits per heavy atom. The topological polar surface area (TPSA) is 76.1 Å². The maximum absolute atomic E-state index is 13.2. The number of halogens is 1. The first-order valence-corrected chi connectivity index (χ1v) is 11.3. The number of benzene rings is 3. The Kier molecular flexibility index (Phi) is 6.89. The summed E-state index contributed by atoms with van der Waals surface area (Å²) in [6.45, 7) is 4.71. The summed E-state index contributed by atoms with van der Waals surface area (Å²) in [6.07, 6.45) is 0. The van der Waals surface area contributed by atoms with Gasteiger partial charge in [-0.05, 0) is 67.9 Å². The summed E-state index contributed by atoms with van der Waals surface area (Å²) in [5, 5.41) is 11.8. The van der Waals surface area contributed by atoms with E-state index in [2.05, 4.69) is 0 Å². The van der Waals surface area contributed by atoms with Crippen LogP contribution < -0.4 is 14.4 Å². The molecule has 7 heteroatoms. The minimum atomic E-state index is -0.840. The van der Waals surface area contributed by atoms with Crippen LogP contribution in [0.4, 0.5) is 5.69 Å². The van der Waals surface area contributed by atoms with Gasteiger partial charge in [0.05, 0.1) is 24.8 Å². The highest BCUT2D eigenvalue weighted by Gasteiger charge is 2.47. The van der Waals surface area contributed by atoms with Gasteiger partial charge in [-0.3, -0.25) is 14.5 Å². The van der Waals surface area contributed by atoms with Crippen molar-refractivity contribution in [3.8, 4) is 11.5 Å². The zero-order valence-electron chi connectivity index (χ0n) is 18.8. The molecule has 1 saturated heterocycles. The van der Waals surface area contributed by atoms with Crippen LogP contribution in [0, 0.1) is 0 Å². The highest BCUT2D eigenvalue weighted by Crippen LogP contribution is 2.42. The minimum absolute atomic E-state index is 0.00208. The number of hydrogen-bond acceptors (Lipinski definition) is 5. The summed E-state index contributed by atoms with van der Waals surface area (Å²) in [7, 11) is 0. The van der Waals surface area contributed by atoms with Gasteiger partial charge < -0.3 is 14.6 Å². The van der Waals surface area contributed by atoms with E-state index in [1.807, 2.05) is 13.8 Å². The number of rotatable bonds is 7. The lowest BCUT2D eigenvalue weighted by molar-refractivity contribution is -0.132. The number of nitrogens with zero attached hydrogens (tertiary/aromatic N) is 1. The molecular formula is C27H24ClNO5. The normalized spacial score (nSPS) is 17.1. The summed E-state index contributed by atoms with van der Waals surface area (Å²) >= 11 is 6.04. The lowest BCUT2D eigenvalue weighted by atomic mass is 9.95. The lowest BCUT2D eigenvalue weighted by Crippen LogP contribution is -2.29. The number of anilines is 1. The summed E-state index contributed by atoms with van der Waals surface area (Å²) < 4.78 is 11.1. The molecule has 0 bridgehead atoms. The molecule has 4 rings (SSSR count). The fourth-order valence-corrected chi connectivity index (χ4v) is 4.11. The molecule has 1 N–H and O–H groups in total. The Hall–Kier alpha value is -3.77. The number of ketones is 1. The Morgan fingerprint density at radius 1 is 0.912 bits per heavy atom. The van der Waals surface area contributed by atoms with Crippen LogP contribution in [0.15, 0.2) is 78.4 Å². The summed E-state index contributed by atoms with van der Waals surface area (Å²) in [5.41, 5.74) is 1.53. The Balaban J connectivity index is 1.88. The zero-order chi connectivity index (χ0) is 24.2. The van der Waals surface area contributed by atoms with E-state index in [-0.39, 0.29) is 11.3 Å². The van der Waals surface area contributed by atoms with Crippen LogP contribution in [0.25, 0.3) is 5.76 Å². The first-order valence-electron chi connectivity index (χ1n) is 11.0. The van der Waals surface area contributed by atoms with Crippen molar-refractivity contribution >= 4 is 34.7 Å². The SMILES string of the molecule is CCOc1ccc(C2/C(=C(/O)c3cccc(OCC)c3)C(=O)C(=O)N2c2ccc(Cl)cc2)cc1. The standard InChI is InChI=1S/C27H24ClNO5/c1-3-33-21-14-8-17(9-15-21)24-23(25(30)18-6-5-7-22(16-18)34-4-2)26(31)27(32)29(24)20-12-10-19(28)11-13-20/h5-16,24,30H,3-4H2,1-2H3/b25-23-. The molecule has 1 unspecified atom stereocenters. The summed E-state index contributed by atoms with van der Waals surface area (Å²) in [4.78, 5) is 27.8. The molecular weight excluding hydrogens is 454 g/mol. The van der Waals surface area contributed by atoms with E-state index in [9.17, 15) is 14.7 Å². The van der Waals surface area contributed by atoms with Crippen LogP contribution in [0.2, 0.25) is 5.02 Å². The third kappa shape index (κ3) is 4.50. The van der Waals surface area contributed by atoms with E-state index in [0.29, 0.717) is 46.5 Å². The molecule has 1 amide bonds. The van der Waals surface area contributed by atoms with Crippen molar-refractivity contribution in [2.45, 2.75) is 19.9 Å². The number of amides is 1. The van der Waals surface area contributed by atoms with Gasteiger partial charge in [0.1, 0.15) is 17.3 Å². The molecule has 1 aliphatic rings. The van der Waals surface area contributed by atoms with Crippen LogP contribution >= 0.6 is 11.6 Å². The van der Waals surface area contributed by atoms with Crippen molar-refractivity contribution in [1.82, 2.24) is 0 Å². The van der Waals surface area contributed by atoms with E-state index in [1.54, 1.807) is 72.8 Å². The maximum Gasteiger partial charge on any atom is 0.300 e. The number of carbonyl (C=O) groups is 2. The van der Waals surface area contributed by atoms with Gasteiger partial charge in [-0.15, -0.1) is 0 Å². The molecule has 1 aliphatic heterocycles. The number of Topliss-reactive ketones (excluding diaryl/α,β-unsaturated/α-hetero) is 1. The molecule has 1 fully saturated rings. The average Bonchev–Trinajstić information content (AvgIpc) is 3.11. The number of ether oxygens (including phenoxy) is 2. The smallest absolute Gasteiger partial charge is 0.300 e. The van der Waals surface area contributed by atoms with Crippen molar-refractivity contribution in [2.75, 3.05) is 18.1 Å². The van der Waals surface area contributed by atoms with Crippen molar-refractivity contribution in [3.05, 3.63) is 94.5 Å². The Morgan fingerprint density at radius 3 is 2.21 bits per heavy atom. The molecule has 0 radical (unpaired) electrons. The molecule has 3 aromatic rings. The largest absolute Gasteiger partial charge is 0.507 e. The van der Waals surface area contributed by atoms with Gasteiger partial charge in [0.15, 0.2) is 0 Å². The predicted molar refractivity (Wildman–Crippen MR) is 131 cm³/mol. The van der Waals surface area contributed by atoms with Gasteiger partial charge >= 0.3 is 0 Å². The second-order valence-electron chi connectivity index (χ2n) is 7.61. The highest BCUT2D eigenvalue weighted by molar-refractivity contribution is 6.51. The molecule has 34 heavy (non-hydrogen) atoms. The Bertz CT molecular complexity index is 1230. The Labute approximate surface area is 203 Å². The van der Waals surface area contributed by atoms with Gasteiger partial charge in [-0.1, -0.05) is 35.9 Å². The average molecular weight is 478 g/mol. The van der Waals surface area contributed by atoms with Crippen LogP contribution in [-0.4, -0.2) is 30.0 Å². The minimum Gasteiger partial charge on any atom is -0.507 e. The van der Waals surface area contributed by atoms with Gasteiger partial charge in [-0.25, -0.2) is 0 Å². The predicted octanol–water partition coefficient (Wildman–Crippen LogP) is 5.76. The van der Waals surface area contributed by atoms with Gasteiger partial charge in [0.25, 0.3) is 11.7 Å². The van der Waals surface area contributed by atoms with E-state index in [4.69, 9.17) is 21.1 Å². The molecule has 6 nitrogen and oxygen atoms in total. The van der Waals surface area contributed by atoms with Gasteiger partial charge in [0.2, 0.25) is 0 Å². The van der Waals surface area contributed by atoms with Crippen molar-refractivity contribution < 1.29 is 24.2 Å². The fourth-order valence-electron chi connectivity index (χ4n) is 3.98. The van der Waals surface area contributed by atoms with E-state index >= 15 is 0 Å². The van der Waals surface area contributed by atoms with E-state index in [0.717, 1.165) is 0 Å². The summed E-state index contributed by atoms with van der Waals surface area (Å²) in [5.74, 6) is -0.553. The van der Waals surface area contributed by atoms with E-state index in [1.165, 1.54) is 4.90 Å². The van der Waals surface area contributed by atoms with Crippen molar-refractivity contribution in [3.63, 3.8) is 0 Å². The third-order valence-electron chi connectivity index (χ3n) is 5.47. The molecule has 1 atom stereocenters. The molecule has 0 saturated carbocycles. The lowest BCUT2D eigenvalue weighted by Gasteiger charge is -2.25. The monoisotopic (exact) mass is 477 g/mol. The third-order valence-corrected chi connectivity index (χ3v) is 5.73. The second kappa shape index (κ2) is 10.0. The van der Waals surface area contributed by atoms with Crippen molar-refractivity contribution in [2.24, 2.45) is 0 Å². The number of hydrogen-bond donors (Lipinski definition) is 1.